The molecule has 0 radical (unpaired) electrons. The first-order chi connectivity index (χ1) is 6.22. The third-order valence-electron chi connectivity index (χ3n) is 3.28. The van der Waals surface area contributed by atoms with Crippen LogP contribution in [0.5, 0.6) is 0 Å². The minimum Gasteiger partial charge on any atom is -0.381 e. The lowest BCUT2D eigenvalue weighted by atomic mass is 9.83. The summed E-state index contributed by atoms with van der Waals surface area (Å²) in [5.74, 6) is 1.87. The fraction of sp³-hybridized carbons (Fsp3) is 1.00. The average Bonchev–Trinajstić information content (AvgIpc) is 2.15. The van der Waals surface area contributed by atoms with Crippen molar-refractivity contribution in [3.05, 3.63) is 0 Å². The first kappa shape index (κ1) is 11.0. The van der Waals surface area contributed by atoms with Crippen molar-refractivity contribution in [2.45, 2.75) is 58.5 Å². The predicted octanol–water partition coefficient (Wildman–Crippen LogP) is 3.63. The Kier molecular flexibility index (Phi) is 4.79. The van der Waals surface area contributed by atoms with Crippen LogP contribution in [0.3, 0.4) is 0 Å². The van der Waals surface area contributed by atoms with Gasteiger partial charge < -0.3 is 4.74 Å². The van der Waals surface area contributed by atoms with E-state index in [2.05, 4.69) is 13.8 Å². The number of ether oxygens (including phenoxy) is 1. The lowest BCUT2D eigenvalue weighted by molar-refractivity contribution is 0.0548. The summed E-state index contributed by atoms with van der Waals surface area (Å²) in [5, 5.41) is 0. The van der Waals surface area contributed by atoms with Gasteiger partial charge >= 0.3 is 0 Å². The first-order valence-corrected chi connectivity index (χ1v) is 5.75. The Bertz CT molecular complexity index is 123. The van der Waals surface area contributed by atoms with Crippen molar-refractivity contribution in [3.8, 4) is 0 Å². The van der Waals surface area contributed by atoms with Crippen LogP contribution in [-0.2, 0) is 4.74 Å². The highest BCUT2D eigenvalue weighted by Gasteiger charge is 2.20. The molecule has 0 aromatic carbocycles. The molecule has 0 bridgehead atoms. The van der Waals surface area contributed by atoms with Crippen LogP contribution in [0.2, 0.25) is 0 Å². The molecule has 1 nitrogen and oxygen atoms in total. The van der Waals surface area contributed by atoms with Gasteiger partial charge in [0.1, 0.15) is 0 Å². The van der Waals surface area contributed by atoms with Crippen LogP contribution in [0.1, 0.15) is 52.4 Å². The molecule has 0 unspecified atom stereocenters. The number of rotatable bonds is 4. The number of hydrogen-bond acceptors (Lipinski definition) is 1. The Hall–Kier alpha value is -0.0400. The van der Waals surface area contributed by atoms with Crippen molar-refractivity contribution in [2.75, 3.05) is 7.11 Å². The van der Waals surface area contributed by atoms with Gasteiger partial charge in [-0.1, -0.05) is 26.7 Å². The predicted molar refractivity (Wildman–Crippen MR) is 56.8 cm³/mol. The molecule has 0 aliphatic heterocycles. The summed E-state index contributed by atoms with van der Waals surface area (Å²) in [4.78, 5) is 0. The van der Waals surface area contributed by atoms with E-state index in [4.69, 9.17) is 4.74 Å². The summed E-state index contributed by atoms with van der Waals surface area (Å²) in [6.45, 7) is 4.64. The third kappa shape index (κ3) is 4.12. The van der Waals surface area contributed by atoms with Crippen LogP contribution in [0, 0.1) is 11.8 Å². The van der Waals surface area contributed by atoms with E-state index < -0.39 is 0 Å². The van der Waals surface area contributed by atoms with E-state index in [-0.39, 0.29) is 0 Å². The molecule has 0 heterocycles. The van der Waals surface area contributed by atoms with Gasteiger partial charge in [0.2, 0.25) is 0 Å². The zero-order chi connectivity index (χ0) is 9.68. The van der Waals surface area contributed by atoms with Gasteiger partial charge in [0.25, 0.3) is 0 Å². The van der Waals surface area contributed by atoms with Gasteiger partial charge in [0.15, 0.2) is 0 Å². The molecule has 1 rings (SSSR count). The van der Waals surface area contributed by atoms with Crippen LogP contribution in [-0.4, -0.2) is 13.2 Å². The van der Waals surface area contributed by atoms with E-state index in [1.165, 1.54) is 38.5 Å². The van der Waals surface area contributed by atoms with Crippen molar-refractivity contribution in [2.24, 2.45) is 11.8 Å². The van der Waals surface area contributed by atoms with E-state index in [1.54, 1.807) is 0 Å². The Morgan fingerprint density at radius 3 is 2.23 bits per heavy atom. The molecule has 0 aromatic rings. The molecule has 13 heavy (non-hydrogen) atoms. The molecule has 0 saturated heterocycles. The highest BCUT2D eigenvalue weighted by Crippen LogP contribution is 2.29. The largest absolute Gasteiger partial charge is 0.381 e. The van der Waals surface area contributed by atoms with E-state index in [0.717, 1.165) is 11.8 Å². The standard InChI is InChI=1S/C12H24O/c1-10(2)4-5-11-6-8-12(13-3)9-7-11/h10-12H,4-9H2,1-3H3. The van der Waals surface area contributed by atoms with Crippen molar-refractivity contribution in [1.82, 2.24) is 0 Å². The van der Waals surface area contributed by atoms with Crippen molar-refractivity contribution in [1.29, 1.82) is 0 Å². The molecule has 1 aliphatic carbocycles. The lowest BCUT2D eigenvalue weighted by Crippen LogP contribution is -2.20. The van der Waals surface area contributed by atoms with E-state index in [0.29, 0.717) is 6.10 Å². The van der Waals surface area contributed by atoms with Gasteiger partial charge in [-0.3, -0.25) is 0 Å². The van der Waals surface area contributed by atoms with Gasteiger partial charge in [0.05, 0.1) is 6.10 Å². The Balaban J connectivity index is 2.10. The highest BCUT2D eigenvalue weighted by molar-refractivity contribution is 4.72. The molecule has 1 heteroatoms. The van der Waals surface area contributed by atoms with Crippen molar-refractivity contribution < 1.29 is 4.74 Å². The molecule has 0 amide bonds. The number of hydrogen-bond donors (Lipinski definition) is 0. The smallest absolute Gasteiger partial charge is 0.0571 e. The summed E-state index contributed by atoms with van der Waals surface area (Å²) in [6, 6.07) is 0. The maximum Gasteiger partial charge on any atom is 0.0571 e. The SMILES string of the molecule is COC1CCC(CCC(C)C)CC1. The minimum atomic E-state index is 0.565. The van der Waals surface area contributed by atoms with Crippen LogP contribution >= 0.6 is 0 Å². The zero-order valence-electron chi connectivity index (χ0n) is 9.38. The topological polar surface area (TPSA) is 9.23 Å². The van der Waals surface area contributed by atoms with Gasteiger partial charge in [-0.15, -0.1) is 0 Å². The average molecular weight is 184 g/mol. The summed E-state index contributed by atoms with van der Waals surface area (Å²) in [6.07, 6.45) is 8.78. The summed E-state index contributed by atoms with van der Waals surface area (Å²) in [7, 11) is 1.85. The van der Waals surface area contributed by atoms with Gasteiger partial charge in [-0.2, -0.15) is 0 Å². The lowest BCUT2D eigenvalue weighted by Gasteiger charge is -2.27. The second kappa shape index (κ2) is 5.64. The zero-order valence-corrected chi connectivity index (χ0v) is 9.38. The molecule has 1 fully saturated rings. The third-order valence-corrected chi connectivity index (χ3v) is 3.28. The summed E-state index contributed by atoms with van der Waals surface area (Å²) < 4.78 is 5.37. The normalized spacial score (nSPS) is 29.5. The second-order valence-electron chi connectivity index (χ2n) is 4.85. The monoisotopic (exact) mass is 184 g/mol. The Morgan fingerprint density at radius 2 is 1.77 bits per heavy atom. The van der Waals surface area contributed by atoms with Gasteiger partial charge in [-0.05, 0) is 37.5 Å². The molecule has 1 aliphatic rings. The van der Waals surface area contributed by atoms with E-state index in [9.17, 15) is 0 Å². The Labute approximate surface area is 82.9 Å². The summed E-state index contributed by atoms with van der Waals surface area (Å²) >= 11 is 0. The fourth-order valence-electron chi connectivity index (χ4n) is 2.23. The quantitative estimate of drug-likeness (QED) is 0.648. The second-order valence-corrected chi connectivity index (χ2v) is 4.85. The van der Waals surface area contributed by atoms with Crippen LogP contribution in [0.25, 0.3) is 0 Å². The summed E-state index contributed by atoms with van der Waals surface area (Å²) in [5.41, 5.74) is 0. The fourth-order valence-corrected chi connectivity index (χ4v) is 2.23. The van der Waals surface area contributed by atoms with E-state index in [1.807, 2.05) is 7.11 Å². The molecular weight excluding hydrogens is 160 g/mol. The first-order valence-electron chi connectivity index (χ1n) is 5.75. The maximum absolute atomic E-state index is 5.37. The van der Waals surface area contributed by atoms with Gasteiger partial charge in [-0.25, -0.2) is 0 Å². The van der Waals surface area contributed by atoms with Crippen molar-refractivity contribution in [3.63, 3.8) is 0 Å². The van der Waals surface area contributed by atoms with E-state index >= 15 is 0 Å². The van der Waals surface area contributed by atoms with Crippen LogP contribution < -0.4 is 0 Å². The van der Waals surface area contributed by atoms with Gasteiger partial charge in [0, 0.05) is 7.11 Å². The molecule has 0 spiro atoms. The number of methoxy groups -OCH3 is 1. The molecule has 0 aromatic heterocycles. The van der Waals surface area contributed by atoms with Crippen LogP contribution in [0.4, 0.5) is 0 Å². The molecule has 0 atom stereocenters. The molecule has 1 saturated carbocycles. The Morgan fingerprint density at radius 1 is 1.15 bits per heavy atom. The maximum atomic E-state index is 5.37. The minimum absolute atomic E-state index is 0.565. The molecule has 0 N–H and O–H groups in total. The highest BCUT2D eigenvalue weighted by atomic mass is 16.5. The van der Waals surface area contributed by atoms with Crippen molar-refractivity contribution >= 4 is 0 Å². The molecule has 78 valence electrons. The van der Waals surface area contributed by atoms with Crippen LogP contribution in [0.15, 0.2) is 0 Å². The molecular formula is C12H24O.